The van der Waals surface area contributed by atoms with E-state index in [1.165, 1.54) is 13.0 Å². The largest absolute Gasteiger partial charge is 0.504 e. The normalized spacial score (nSPS) is 24.3. The summed E-state index contributed by atoms with van der Waals surface area (Å²) < 4.78 is 23.4. The van der Waals surface area contributed by atoms with Crippen molar-refractivity contribution in [3.05, 3.63) is 81.4 Å². The van der Waals surface area contributed by atoms with Crippen LogP contribution in [-0.2, 0) is 22.4 Å². The van der Waals surface area contributed by atoms with Crippen LogP contribution in [0.5, 0.6) is 28.7 Å². The molecular formula is C36H39N3O8. The first-order chi connectivity index (χ1) is 22.6. The number of aromatic hydroxyl groups is 1. The van der Waals surface area contributed by atoms with Gasteiger partial charge >= 0.3 is 5.97 Å². The van der Waals surface area contributed by atoms with Crippen molar-refractivity contribution in [2.75, 3.05) is 27.5 Å². The number of ether oxygens (including phenoxy) is 4. The molecule has 246 valence electrons. The molecule has 3 N–H and O–H groups in total. The smallest absolute Gasteiger partial charge is 0.308 e. The van der Waals surface area contributed by atoms with Gasteiger partial charge in [-0.05, 0) is 56.5 Å². The Morgan fingerprint density at radius 2 is 1.81 bits per heavy atom. The molecule has 0 radical (unpaired) electrons. The Hall–Kier alpha value is -4.58. The van der Waals surface area contributed by atoms with Crippen molar-refractivity contribution in [2.45, 2.75) is 64.0 Å². The van der Waals surface area contributed by atoms with Crippen molar-refractivity contribution in [3.63, 3.8) is 0 Å². The predicted octanol–water partition coefficient (Wildman–Crippen LogP) is 3.70. The summed E-state index contributed by atoms with van der Waals surface area (Å²) in [7, 11) is 3.50. The molecule has 3 aromatic rings. The topological polar surface area (TPSA) is 130 Å². The Morgan fingerprint density at radius 3 is 2.53 bits per heavy atom. The van der Waals surface area contributed by atoms with Crippen LogP contribution in [0.25, 0.3) is 6.08 Å². The first-order valence-corrected chi connectivity index (χ1v) is 15.8. The second kappa shape index (κ2) is 11.9. The summed E-state index contributed by atoms with van der Waals surface area (Å²) in [6.07, 6.45) is 3.15. The monoisotopic (exact) mass is 641 g/mol. The first-order valence-electron chi connectivity index (χ1n) is 15.8. The molecule has 5 atom stereocenters. The van der Waals surface area contributed by atoms with Crippen molar-refractivity contribution < 1.29 is 38.7 Å². The SMILES string of the molecule is COc1c(C)cc2c(c1O)[C@@H]1C3Cc4c(OC(C)=O)c(C)c5c(c4[C@H](CNC(=O)/C=C/c4ccccc4)N3C(O)[C@H](C2)N1C)OCO5. The number of carbonyl (C=O) groups is 2. The lowest BCUT2D eigenvalue weighted by Gasteiger charge is -2.60. The lowest BCUT2D eigenvalue weighted by atomic mass is 9.73. The van der Waals surface area contributed by atoms with E-state index in [1.807, 2.05) is 62.2 Å². The van der Waals surface area contributed by atoms with Gasteiger partial charge in [-0.25, -0.2) is 0 Å². The lowest BCUT2D eigenvalue weighted by molar-refractivity contribution is -0.172. The Balaban J connectivity index is 1.37. The van der Waals surface area contributed by atoms with E-state index in [2.05, 4.69) is 10.2 Å². The number of hydrogen-bond acceptors (Lipinski definition) is 10. The number of esters is 1. The third-order valence-corrected chi connectivity index (χ3v) is 10.0. The maximum atomic E-state index is 13.2. The van der Waals surface area contributed by atoms with Crippen LogP contribution in [0.1, 0.15) is 58.0 Å². The minimum absolute atomic E-state index is 0.00854. The molecule has 2 bridgehead atoms. The third-order valence-electron chi connectivity index (χ3n) is 10.0. The Bertz CT molecular complexity index is 1790. The van der Waals surface area contributed by atoms with Crippen molar-refractivity contribution in [1.29, 1.82) is 0 Å². The second-order valence-electron chi connectivity index (χ2n) is 12.7. The summed E-state index contributed by atoms with van der Waals surface area (Å²) in [5.41, 5.74) is 5.49. The van der Waals surface area contributed by atoms with Crippen LogP contribution in [0.2, 0.25) is 0 Å². The Labute approximate surface area is 273 Å². The predicted molar refractivity (Wildman–Crippen MR) is 173 cm³/mol. The number of hydrogen-bond donors (Lipinski definition) is 3. The van der Waals surface area contributed by atoms with E-state index in [0.29, 0.717) is 47.0 Å². The molecule has 1 amide bonds. The van der Waals surface area contributed by atoms with Gasteiger partial charge < -0.3 is 34.5 Å². The number of benzene rings is 3. The fraction of sp³-hybridized carbons (Fsp3) is 0.389. The summed E-state index contributed by atoms with van der Waals surface area (Å²) in [6, 6.07) is 9.92. The number of phenolic OH excluding ortho intramolecular Hbond substituents is 1. The number of phenols is 1. The number of piperazine rings is 1. The number of fused-ring (bicyclic) bond motifs is 9. The van der Waals surface area contributed by atoms with E-state index in [4.69, 9.17) is 18.9 Å². The highest BCUT2D eigenvalue weighted by Crippen LogP contribution is 2.58. The fourth-order valence-electron chi connectivity index (χ4n) is 8.11. The van der Waals surface area contributed by atoms with Gasteiger partial charge in [-0.2, -0.15) is 0 Å². The van der Waals surface area contributed by atoms with Crippen LogP contribution in [0, 0.1) is 13.8 Å². The summed E-state index contributed by atoms with van der Waals surface area (Å²) >= 11 is 0. The number of likely N-dealkylation sites (N-methyl/N-ethyl adjacent to an activating group) is 1. The highest BCUT2D eigenvalue weighted by Gasteiger charge is 2.56. The molecule has 0 saturated carbocycles. The molecule has 4 heterocycles. The minimum atomic E-state index is -0.940. The molecule has 0 aliphatic carbocycles. The van der Waals surface area contributed by atoms with Crippen LogP contribution in [0.15, 0.2) is 42.5 Å². The van der Waals surface area contributed by atoms with Gasteiger partial charge in [-0.15, -0.1) is 0 Å². The van der Waals surface area contributed by atoms with Crippen molar-refractivity contribution in [3.8, 4) is 28.7 Å². The van der Waals surface area contributed by atoms with Crippen LogP contribution < -0.4 is 24.3 Å². The van der Waals surface area contributed by atoms with Crippen LogP contribution >= 0.6 is 0 Å². The number of nitrogens with one attached hydrogen (secondary N) is 1. The molecule has 11 nitrogen and oxygen atoms in total. The molecule has 2 unspecified atom stereocenters. The number of aliphatic hydroxyl groups is 1. The number of amides is 1. The fourth-order valence-corrected chi connectivity index (χ4v) is 8.11. The van der Waals surface area contributed by atoms with Gasteiger partial charge in [-0.1, -0.05) is 36.4 Å². The number of rotatable bonds is 6. The highest BCUT2D eigenvalue weighted by molar-refractivity contribution is 5.91. The molecule has 47 heavy (non-hydrogen) atoms. The van der Waals surface area contributed by atoms with E-state index in [9.17, 15) is 19.8 Å². The van der Waals surface area contributed by atoms with Crippen LogP contribution in [-0.4, -0.2) is 77.7 Å². The highest BCUT2D eigenvalue weighted by atomic mass is 16.7. The van der Waals surface area contributed by atoms with Crippen molar-refractivity contribution >= 4 is 18.0 Å². The molecule has 3 aromatic carbocycles. The lowest BCUT2D eigenvalue weighted by Crippen LogP contribution is -2.69. The number of aryl methyl sites for hydroxylation is 1. The summed E-state index contributed by atoms with van der Waals surface area (Å²) in [5, 5.41) is 26.9. The molecule has 11 heteroatoms. The number of aliphatic hydroxyl groups excluding tert-OH is 1. The van der Waals surface area contributed by atoms with Gasteiger partial charge in [0.05, 0.1) is 25.2 Å². The van der Waals surface area contributed by atoms with E-state index < -0.39 is 24.3 Å². The van der Waals surface area contributed by atoms with E-state index >= 15 is 0 Å². The number of methoxy groups -OCH3 is 1. The zero-order valence-electron chi connectivity index (χ0n) is 27.1. The summed E-state index contributed by atoms with van der Waals surface area (Å²) in [5.74, 6) is 1.10. The molecule has 7 rings (SSSR count). The summed E-state index contributed by atoms with van der Waals surface area (Å²) in [4.78, 5) is 29.8. The molecule has 4 aliphatic rings. The maximum Gasteiger partial charge on any atom is 0.308 e. The first kappa shape index (κ1) is 31.0. The molecule has 0 spiro atoms. The van der Waals surface area contributed by atoms with E-state index in [1.54, 1.807) is 13.2 Å². The Morgan fingerprint density at radius 1 is 1.06 bits per heavy atom. The molecule has 1 fully saturated rings. The number of nitrogens with zero attached hydrogens (tertiary/aromatic N) is 2. The van der Waals surface area contributed by atoms with Gasteiger partial charge in [0, 0.05) is 47.8 Å². The zero-order chi connectivity index (χ0) is 33.1. The minimum Gasteiger partial charge on any atom is -0.504 e. The molecule has 4 aliphatic heterocycles. The second-order valence-corrected chi connectivity index (χ2v) is 12.7. The molecule has 1 saturated heterocycles. The average Bonchev–Trinajstić information content (AvgIpc) is 3.54. The van der Waals surface area contributed by atoms with Gasteiger partial charge in [0.1, 0.15) is 12.0 Å². The zero-order valence-corrected chi connectivity index (χ0v) is 27.1. The Kier molecular flexibility index (Phi) is 7.86. The van der Waals surface area contributed by atoms with E-state index in [-0.39, 0.29) is 37.1 Å². The maximum absolute atomic E-state index is 13.2. The van der Waals surface area contributed by atoms with E-state index in [0.717, 1.165) is 27.8 Å². The molecule has 0 aromatic heterocycles. The number of carbonyl (C=O) groups excluding carboxylic acids is 2. The van der Waals surface area contributed by atoms with Gasteiger partial charge in [0.15, 0.2) is 23.0 Å². The van der Waals surface area contributed by atoms with Gasteiger partial charge in [-0.3, -0.25) is 19.4 Å². The molecular weight excluding hydrogens is 602 g/mol. The van der Waals surface area contributed by atoms with Crippen molar-refractivity contribution in [1.82, 2.24) is 15.1 Å². The quantitative estimate of drug-likeness (QED) is 0.208. The van der Waals surface area contributed by atoms with Crippen LogP contribution in [0.4, 0.5) is 0 Å². The van der Waals surface area contributed by atoms with Crippen molar-refractivity contribution in [2.24, 2.45) is 0 Å². The van der Waals surface area contributed by atoms with Crippen LogP contribution in [0.3, 0.4) is 0 Å². The van der Waals surface area contributed by atoms with Gasteiger partial charge in [0.25, 0.3) is 0 Å². The van der Waals surface area contributed by atoms with Gasteiger partial charge in [0.2, 0.25) is 12.7 Å². The third kappa shape index (κ3) is 5.00. The average molecular weight is 642 g/mol. The summed E-state index contributed by atoms with van der Waals surface area (Å²) in [6.45, 7) is 5.20. The standard InChI is InChI=1S/C36H39N3O8/c1-18-13-22-14-25-36(43)39-24(30(38(25)4)28(22)31(42)32(18)44-5)15-23-29(35-34(45-17-46-35)19(2)33(23)47-20(3)40)26(39)16-37-27(41)12-11-21-9-7-6-8-10-21/h6-13,24-26,30,36,42-43H,14-17H2,1-5H3,(H,37,41)/b12-11+/t24?,25-,26-,30-,36?/m0/s1.